The Balaban J connectivity index is 1.77. The van der Waals surface area contributed by atoms with Crippen LogP contribution >= 0.6 is 0 Å². The van der Waals surface area contributed by atoms with E-state index >= 15 is 0 Å². The molecule has 32 heavy (non-hydrogen) atoms. The molecule has 0 radical (unpaired) electrons. The fraction of sp³-hybridized carbons (Fsp3) is 0.167. The third-order valence-corrected chi connectivity index (χ3v) is 5.18. The van der Waals surface area contributed by atoms with Gasteiger partial charge < -0.3 is 9.30 Å². The van der Waals surface area contributed by atoms with Crippen LogP contribution < -0.4 is 15.0 Å². The van der Waals surface area contributed by atoms with Gasteiger partial charge in [-0.1, -0.05) is 12.1 Å². The molecule has 2 aromatic heterocycles. The van der Waals surface area contributed by atoms with Crippen molar-refractivity contribution in [3.05, 3.63) is 77.4 Å². The second-order valence-corrected chi connectivity index (χ2v) is 7.23. The summed E-state index contributed by atoms with van der Waals surface area (Å²) in [5.41, 5.74) is 3.45. The average molecular weight is 430 g/mol. The minimum atomic E-state index is -0.815. The predicted octanol–water partition coefficient (Wildman–Crippen LogP) is 3.55. The number of nitrogens with one attached hydrogen (secondary N) is 1. The molecular formula is C24H22N4O4. The Bertz CT molecular complexity index is 1240. The number of aryl methyl sites for hydroxylation is 1. The van der Waals surface area contributed by atoms with Gasteiger partial charge >= 0.3 is 6.03 Å². The van der Waals surface area contributed by atoms with Crippen LogP contribution in [0.15, 0.2) is 60.4 Å². The van der Waals surface area contributed by atoms with Crippen LogP contribution in [0.4, 0.5) is 10.5 Å². The average Bonchev–Trinajstić information content (AvgIpc) is 3.06. The lowest BCUT2D eigenvalue weighted by Crippen LogP contribution is -2.54. The molecule has 0 atom stereocenters. The lowest BCUT2D eigenvalue weighted by atomic mass is 10.1. The largest absolute Gasteiger partial charge is 0.492 e. The smallest absolute Gasteiger partial charge is 0.336 e. The summed E-state index contributed by atoms with van der Waals surface area (Å²) in [6.45, 7) is 5.99. The SMILES string of the molecule is CCOc1ccccc1N1C(=O)NC(=O)/C(=C\c2cc(C)n(-c3cccnc3)c2C)C1=O. The van der Waals surface area contributed by atoms with Crippen molar-refractivity contribution in [2.75, 3.05) is 11.5 Å². The van der Waals surface area contributed by atoms with Crippen LogP contribution in [0.3, 0.4) is 0 Å². The molecule has 1 fully saturated rings. The highest BCUT2D eigenvalue weighted by atomic mass is 16.5. The van der Waals surface area contributed by atoms with Crippen LogP contribution in [0, 0.1) is 13.8 Å². The number of carbonyl (C=O) groups is 3. The number of ether oxygens (including phenoxy) is 1. The van der Waals surface area contributed by atoms with E-state index in [2.05, 4.69) is 10.3 Å². The summed E-state index contributed by atoms with van der Waals surface area (Å²) in [5.74, 6) is -1.07. The van der Waals surface area contributed by atoms with E-state index in [1.165, 1.54) is 6.08 Å². The number of aromatic nitrogens is 2. The predicted molar refractivity (Wildman–Crippen MR) is 120 cm³/mol. The van der Waals surface area contributed by atoms with Crippen LogP contribution in [0.5, 0.6) is 5.75 Å². The summed E-state index contributed by atoms with van der Waals surface area (Å²) in [6.07, 6.45) is 4.94. The zero-order valence-electron chi connectivity index (χ0n) is 18.0. The zero-order valence-corrected chi connectivity index (χ0v) is 18.0. The van der Waals surface area contributed by atoms with Gasteiger partial charge in [0.05, 0.1) is 24.2 Å². The molecule has 0 spiro atoms. The molecule has 0 saturated carbocycles. The first-order valence-electron chi connectivity index (χ1n) is 10.1. The fourth-order valence-electron chi connectivity index (χ4n) is 3.77. The van der Waals surface area contributed by atoms with Crippen LogP contribution in [-0.4, -0.2) is 34.0 Å². The quantitative estimate of drug-likeness (QED) is 0.494. The molecule has 4 amide bonds. The van der Waals surface area contributed by atoms with Crippen molar-refractivity contribution in [2.45, 2.75) is 20.8 Å². The van der Waals surface area contributed by atoms with E-state index < -0.39 is 17.8 Å². The standard InChI is InChI=1S/C24H22N4O4/c1-4-32-21-10-6-5-9-20(21)28-23(30)19(22(29)26-24(28)31)13-17-12-15(2)27(16(17)3)18-8-7-11-25-14-18/h5-14H,4H2,1-3H3,(H,26,29,31)/b19-13+. The van der Waals surface area contributed by atoms with Crippen LogP contribution in [-0.2, 0) is 9.59 Å². The first kappa shape index (κ1) is 21.0. The van der Waals surface area contributed by atoms with E-state index in [0.717, 1.165) is 22.0 Å². The maximum atomic E-state index is 13.3. The van der Waals surface area contributed by atoms with Gasteiger partial charge in [-0.05, 0) is 62.7 Å². The third kappa shape index (κ3) is 3.66. The second kappa shape index (κ2) is 8.50. The number of pyridine rings is 1. The van der Waals surface area contributed by atoms with E-state index in [1.54, 1.807) is 36.7 Å². The Morgan fingerprint density at radius 1 is 1.09 bits per heavy atom. The third-order valence-electron chi connectivity index (χ3n) is 5.18. The highest BCUT2D eigenvalue weighted by molar-refractivity contribution is 6.39. The van der Waals surface area contributed by atoms with Gasteiger partial charge in [0.2, 0.25) is 0 Å². The molecule has 1 saturated heterocycles. The number of hydrogen-bond acceptors (Lipinski definition) is 5. The molecule has 1 N–H and O–H groups in total. The number of hydrogen-bond donors (Lipinski definition) is 1. The van der Waals surface area contributed by atoms with E-state index in [1.807, 2.05) is 43.5 Å². The van der Waals surface area contributed by atoms with Crippen molar-refractivity contribution in [2.24, 2.45) is 0 Å². The van der Waals surface area contributed by atoms with E-state index in [-0.39, 0.29) is 11.3 Å². The van der Waals surface area contributed by atoms with Gasteiger partial charge in [0.1, 0.15) is 11.3 Å². The molecule has 8 nitrogen and oxygen atoms in total. The maximum Gasteiger partial charge on any atom is 0.336 e. The maximum absolute atomic E-state index is 13.3. The molecule has 1 aliphatic heterocycles. The summed E-state index contributed by atoms with van der Waals surface area (Å²) >= 11 is 0. The Morgan fingerprint density at radius 3 is 2.59 bits per heavy atom. The lowest BCUT2D eigenvalue weighted by molar-refractivity contribution is -0.122. The first-order valence-corrected chi connectivity index (χ1v) is 10.1. The summed E-state index contributed by atoms with van der Waals surface area (Å²) in [4.78, 5) is 43.5. The van der Waals surface area contributed by atoms with Crippen molar-refractivity contribution in [1.29, 1.82) is 0 Å². The van der Waals surface area contributed by atoms with Crippen LogP contribution in [0.2, 0.25) is 0 Å². The molecule has 1 aromatic carbocycles. The number of barbiturate groups is 1. The lowest BCUT2D eigenvalue weighted by Gasteiger charge is -2.27. The number of rotatable bonds is 5. The number of para-hydroxylation sites is 2. The summed E-state index contributed by atoms with van der Waals surface area (Å²) in [6, 6.07) is 11.5. The number of urea groups is 1. The molecule has 3 heterocycles. The molecule has 0 unspecified atom stereocenters. The summed E-state index contributed by atoms with van der Waals surface area (Å²) in [7, 11) is 0. The molecule has 4 rings (SSSR count). The highest BCUT2D eigenvalue weighted by Gasteiger charge is 2.38. The molecule has 0 aliphatic carbocycles. The summed E-state index contributed by atoms with van der Waals surface area (Å²) < 4.78 is 7.55. The van der Waals surface area contributed by atoms with Gasteiger partial charge in [-0.3, -0.25) is 19.9 Å². The minimum absolute atomic E-state index is 0.137. The van der Waals surface area contributed by atoms with Crippen molar-refractivity contribution < 1.29 is 19.1 Å². The Kier molecular flexibility index (Phi) is 5.59. The van der Waals surface area contributed by atoms with Gasteiger partial charge in [-0.15, -0.1) is 0 Å². The highest BCUT2D eigenvalue weighted by Crippen LogP contribution is 2.31. The van der Waals surface area contributed by atoms with E-state index in [9.17, 15) is 14.4 Å². The number of anilines is 1. The van der Waals surface area contributed by atoms with Gasteiger partial charge in [0, 0.05) is 17.6 Å². The van der Waals surface area contributed by atoms with Crippen LogP contribution in [0.1, 0.15) is 23.9 Å². The number of imide groups is 2. The van der Waals surface area contributed by atoms with Crippen molar-refractivity contribution in [3.63, 3.8) is 0 Å². The van der Waals surface area contributed by atoms with Crippen molar-refractivity contribution in [1.82, 2.24) is 14.9 Å². The topological polar surface area (TPSA) is 93.5 Å². The molecule has 3 aromatic rings. The zero-order chi connectivity index (χ0) is 22.8. The second-order valence-electron chi connectivity index (χ2n) is 7.23. The Hall–Kier alpha value is -4.20. The van der Waals surface area contributed by atoms with Gasteiger partial charge in [-0.2, -0.15) is 0 Å². The number of benzene rings is 1. The molecule has 162 valence electrons. The fourth-order valence-corrected chi connectivity index (χ4v) is 3.77. The summed E-state index contributed by atoms with van der Waals surface area (Å²) in [5, 5.41) is 2.26. The molecule has 8 heteroatoms. The normalized spacial score (nSPS) is 15.3. The van der Waals surface area contributed by atoms with Crippen molar-refractivity contribution in [3.8, 4) is 11.4 Å². The van der Waals surface area contributed by atoms with E-state index in [4.69, 9.17) is 4.74 Å². The van der Waals surface area contributed by atoms with Crippen molar-refractivity contribution >= 4 is 29.6 Å². The molecule has 0 bridgehead atoms. The van der Waals surface area contributed by atoms with E-state index in [0.29, 0.717) is 17.9 Å². The Morgan fingerprint density at radius 2 is 1.88 bits per heavy atom. The van der Waals surface area contributed by atoms with Gasteiger partial charge in [0.15, 0.2) is 0 Å². The molecule has 1 aliphatic rings. The monoisotopic (exact) mass is 430 g/mol. The number of carbonyl (C=O) groups excluding carboxylic acids is 3. The molecular weight excluding hydrogens is 408 g/mol. The Labute approximate surface area is 185 Å². The van der Waals surface area contributed by atoms with Crippen LogP contribution in [0.25, 0.3) is 11.8 Å². The first-order chi connectivity index (χ1) is 15.4. The number of nitrogens with zero attached hydrogens (tertiary/aromatic N) is 3. The van der Waals surface area contributed by atoms with Gasteiger partial charge in [-0.25, -0.2) is 9.69 Å². The minimum Gasteiger partial charge on any atom is -0.492 e. The number of amides is 4. The van der Waals surface area contributed by atoms with Gasteiger partial charge in [0.25, 0.3) is 11.8 Å².